The number of hydrogen-bond donors (Lipinski definition) is 0. The summed E-state index contributed by atoms with van der Waals surface area (Å²) in [7, 11) is 0. The normalized spacial score (nSPS) is 14.5. The summed E-state index contributed by atoms with van der Waals surface area (Å²) in [6.07, 6.45) is 9.19. The molecule has 7 nitrogen and oxygen atoms in total. The lowest BCUT2D eigenvalue weighted by atomic mass is 9.95. The van der Waals surface area contributed by atoms with E-state index in [1.54, 1.807) is 18.6 Å². The molecule has 7 heteroatoms. The molecule has 1 saturated heterocycles. The predicted molar refractivity (Wildman–Crippen MR) is 155 cm³/mol. The second-order valence-corrected chi connectivity index (χ2v) is 10.3. The van der Waals surface area contributed by atoms with Crippen LogP contribution >= 0.6 is 0 Å². The van der Waals surface area contributed by atoms with E-state index < -0.39 is 0 Å². The Morgan fingerprint density at radius 1 is 0.750 bits per heavy atom. The molecule has 0 bridgehead atoms. The predicted octanol–water partition coefficient (Wildman–Crippen LogP) is 6.79. The van der Waals surface area contributed by atoms with Gasteiger partial charge in [-0.15, -0.1) is 0 Å². The average Bonchev–Trinajstić information content (AvgIpc) is 3.53. The molecule has 196 valence electrons. The number of nitrogens with zero attached hydrogens (tertiary/aromatic N) is 6. The molecule has 6 aromatic rings. The van der Waals surface area contributed by atoms with Crippen LogP contribution in [0.5, 0.6) is 0 Å². The number of pyridine rings is 3. The second kappa shape index (κ2) is 10.8. The summed E-state index contributed by atoms with van der Waals surface area (Å²) in [6.45, 7) is 2.91. The Labute approximate surface area is 232 Å². The molecule has 40 heavy (non-hydrogen) atoms. The van der Waals surface area contributed by atoms with Crippen LogP contribution in [0, 0.1) is 0 Å². The fourth-order valence-electron chi connectivity index (χ4n) is 5.45. The molecular weight excluding hydrogens is 496 g/mol. The summed E-state index contributed by atoms with van der Waals surface area (Å²) >= 11 is 0. The molecule has 0 saturated carbocycles. The third-order valence-electron chi connectivity index (χ3n) is 7.63. The molecule has 2 aromatic carbocycles. The Morgan fingerprint density at radius 2 is 1.55 bits per heavy atom. The first-order valence-corrected chi connectivity index (χ1v) is 13.7. The van der Waals surface area contributed by atoms with Gasteiger partial charge in [0.1, 0.15) is 0 Å². The largest absolute Gasteiger partial charge is 0.339 e. The maximum Gasteiger partial charge on any atom is 0.230 e. The van der Waals surface area contributed by atoms with Gasteiger partial charge in [0.25, 0.3) is 0 Å². The summed E-state index contributed by atoms with van der Waals surface area (Å²) < 4.78 is 5.62. The van der Waals surface area contributed by atoms with Gasteiger partial charge in [0, 0.05) is 59.3 Å². The zero-order chi connectivity index (χ0) is 26.7. The third kappa shape index (κ3) is 4.99. The smallest absolute Gasteiger partial charge is 0.230 e. The van der Waals surface area contributed by atoms with E-state index in [4.69, 9.17) is 9.51 Å². The highest BCUT2D eigenvalue weighted by molar-refractivity contribution is 5.91. The van der Waals surface area contributed by atoms with Crippen LogP contribution < -0.4 is 0 Å². The van der Waals surface area contributed by atoms with Crippen molar-refractivity contribution in [2.24, 2.45) is 0 Å². The second-order valence-electron chi connectivity index (χ2n) is 10.3. The number of rotatable bonds is 6. The van der Waals surface area contributed by atoms with Crippen LogP contribution in [0.15, 0.2) is 108 Å². The Bertz CT molecular complexity index is 1730. The van der Waals surface area contributed by atoms with E-state index in [2.05, 4.69) is 79.6 Å². The van der Waals surface area contributed by atoms with Crippen molar-refractivity contribution in [1.82, 2.24) is 30.0 Å². The van der Waals surface area contributed by atoms with Crippen LogP contribution in [-0.2, 0) is 6.54 Å². The Hall–Kier alpha value is -4.75. The molecule has 5 heterocycles. The number of likely N-dealkylation sites (tertiary alicyclic amines) is 1. The van der Waals surface area contributed by atoms with Gasteiger partial charge < -0.3 is 4.52 Å². The van der Waals surface area contributed by atoms with Gasteiger partial charge in [-0.25, -0.2) is 4.98 Å². The van der Waals surface area contributed by atoms with Crippen LogP contribution in [0.4, 0.5) is 0 Å². The highest BCUT2D eigenvalue weighted by Gasteiger charge is 2.25. The van der Waals surface area contributed by atoms with Gasteiger partial charge in [0.05, 0.1) is 11.2 Å². The van der Waals surface area contributed by atoms with Gasteiger partial charge >= 0.3 is 0 Å². The van der Waals surface area contributed by atoms with Crippen LogP contribution in [0.2, 0.25) is 0 Å². The molecule has 0 spiro atoms. The van der Waals surface area contributed by atoms with Gasteiger partial charge in [0.15, 0.2) is 0 Å². The Balaban J connectivity index is 1.05. The minimum atomic E-state index is 0.294. The van der Waals surface area contributed by atoms with Crippen LogP contribution in [0.25, 0.3) is 44.7 Å². The molecule has 1 fully saturated rings. The van der Waals surface area contributed by atoms with E-state index in [9.17, 15) is 0 Å². The molecule has 0 radical (unpaired) electrons. The number of piperidine rings is 1. The minimum Gasteiger partial charge on any atom is -0.339 e. The summed E-state index contributed by atoms with van der Waals surface area (Å²) in [6, 6.07) is 27.3. The maximum absolute atomic E-state index is 5.62. The van der Waals surface area contributed by atoms with Crippen molar-refractivity contribution in [2.75, 3.05) is 13.1 Å². The zero-order valence-electron chi connectivity index (χ0n) is 22.0. The van der Waals surface area contributed by atoms with Gasteiger partial charge in [0.2, 0.25) is 11.7 Å². The van der Waals surface area contributed by atoms with Crippen LogP contribution in [0.1, 0.15) is 30.2 Å². The number of hydrogen-bond acceptors (Lipinski definition) is 7. The fourth-order valence-corrected chi connectivity index (χ4v) is 5.45. The van der Waals surface area contributed by atoms with Gasteiger partial charge in [-0.2, -0.15) is 4.98 Å². The van der Waals surface area contributed by atoms with E-state index in [1.807, 2.05) is 30.5 Å². The van der Waals surface area contributed by atoms with Gasteiger partial charge in [-0.1, -0.05) is 59.8 Å². The van der Waals surface area contributed by atoms with Crippen LogP contribution in [-0.4, -0.2) is 43.1 Å². The molecule has 1 aliphatic heterocycles. The summed E-state index contributed by atoms with van der Waals surface area (Å²) in [4.78, 5) is 20.7. The van der Waals surface area contributed by atoms with Crippen molar-refractivity contribution in [2.45, 2.75) is 25.3 Å². The summed E-state index contributed by atoms with van der Waals surface area (Å²) in [5.74, 6) is 1.64. The topological polar surface area (TPSA) is 80.8 Å². The molecule has 0 N–H and O–H groups in total. The van der Waals surface area contributed by atoms with E-state index in [0.717, 1.165) is 77.2 Å². The van der Waals surface area contributed by atoms with Gasteiger partial charge in [-0.3, -0.25) is 14.9 Å². The molecule has 1 aliphatic rings. The highest BCUT2D eigenvalue weighted by Crippen LogP contribution is 2.34. The van der Waals surface area contributed by atoms with Crippen molar-refractivity contribution >= 4 is 10.9 Å². The highest BCUT2D eigenvalue weighted by atomic mass is 16.5. The Morgan fingerprint density at radius 3 is 2.35 bits per heavy atom. The zero-order valence-corrected chi connectivity index (χ0v) is 22.0. The maximum atomic E-state index is 5.62. The molecule has 7 rings (SSSR count). The lowest BCUT2D eigenvalue weighted by molar-refractivity contribution is 0.187. The molecule has 0 aliphatic carbocycles. The van der Waals surface area contributed by atoms with Crippen molar-refractivity contribution in [3.05, 3.63) is 115 Å². The standard InChI is InChI=1S/C33H28N6O/c1-2-5-24(6-3-1)29-19-28-21-35-16-12-30(28)36-31(29)25-10-8-23(9-11-25)22-39-17-13-26(14-18-39)33-37-32(38-40-33)27-7-4-15-34-20-27/h1-12,15-16,19-21,26H,13-14,17-18,22H2. The first-order chi connectivity index (χ1) is 19.8. The van der Waals surface area contributed by atoms with Crippen molar-refractivity contribution < 1.29 is 4.52 Å². The summed E-state index contributed by atoms with van der Waals surface area (Å²) in [5, 5.41) is 5.22. The fraction of sp³-hybridized carbons (Fsp3) is 0.182. The van der Waals surface area contributed by atoms with Crippen molar-refractivity contribution in [1.29, 1.82) is 0 Å². The molecule has 0 atom stereocenters. The third-order valence-corrected chi connectivity index (χ3v) is 7.63. The monoisotopic (exact) mass is 524 g/mol. The van der Waals surface area contributed by atoms with Crippen LogP contribution in [0.3, 0.4) is 0 Å². The van der Waals surface area contributed by atoms with Crippen molar-refractivity contribution in [3.63, 3.8) is 0 Å². The van der Waals surface area contributed by atoms with Gasteiger partial charge in [-0.05, 0) is 61.3 Å². The van der Waals surface area contributed by atoms with E-state index in [0.29, 0.717) is 11.7 Å². The first kappa shape index (κ1) is 24.3. The van der Waals surface area contributed by atoms with E-state index >= 15 is 0 Å². The lowest BCUT2D eigenvalue weighted by Crippen LogP contribution is -2.32. The van der Waals surface area contributed by atoms with E-state index in [1.165, 1.54) is 5.56 Å². The summed E-state index contributed by atoms with van der Waals surface area (Å²) in [5.41, 5.74) is 7.49. The first-order valence-electron chi connectivity index (χ1n) is 13.7. The molecule has 0 amide bonds. The lowest BCUT2D eigenvalue weighted by Gasteiger charge is -2.30. The minimum absolute atomic E-state index is 0.294. The van der Waals surface area contributed by atoms with Crippen molar-refractivity contribution in [3.8, 4) is 33.8 Å². The molecular formula is C33H28N6O. The molecule has 4 aromatic heterocycles. The number of aromatic nitrogens is 5. The average molecular weight is 525 g/mol. The Kier molecular flexibility index (Phi) is 6.55. The number of benzene rings is 2. The quantitative estimate of drug-likeness (QED) is 0.237. The molecule has 0 unspecified atom stereocenters. The van der Waals surface area contributed by atoms with E-state index in [-0.39, 0.29) is 0 Å². The number of fused-ring (bicyclic) bond motifs is 1. The SMILES string of the molecule is c1ccc(-c2cc3cnccc3nc2-c2ccc(CN3CCC(c4nc(-c5cccnc5)no4)CC3)cc2)cc1.